The Hall–Kier alpha value is -4.19. The van der Waals surface area contributed by atoms with Crippen LogP contribution in [0.5, 0.6) is 0 Å². The van der Waals surface area contributed by atoms with Crippen molar-refractivity contribution in [2.24, 2.45) is 0 Å². The van der Waals surface area contributed by atoms with E-state index in [1.165, 1.54) is 12.1 Å². The Morgan fingerprint density at radius 1 is 0.750 bits per heavy atom. The molecule has 4 heterocycles. The van der Waals surface area contributed by atoms with Gasteiger partial charge in [0.1, 0.15) is 11.4 Å². The van der Waals surface area contributed by atoms with Crippen molar-refractivity contribution in [3.8, 4) is 0 Å². The lowest BCUT2D eigenvalue weighted by molar-refractivity contribution is -0.433. The number of fused-ring (bicyclic) bond motifs is 8. The third kappa shape index (κ3) is 6.51. The molecule has 0 aliphatic carbocycles. The van der Waals surface area contributed by atoms with E-state index in [-0.39, 0.29) is 27.8 Å². The normalized spacial score (nSPS) is 23.0. The predicted octanol–water partition coefficient (Wildman–Crippen LogP) is 8.28. The molecule has 2 atom stereocenters. The number of rotatable bonds is 8. The summed E-state index contributed by atoms with van der Waals surface area (Å²) >= 11 is 7.44. The number of benzene rings is 4. The minimum atomic E-state index is -4.87. The summed E-state index contributed by atoms with van der Waals surface area (Å²) in [4.78, 5) is 3.15. The van der Waals surface area contributed by atoms with Crippen molar-refractivity contribution in [3.63, 3.8) is 0 Å². The van der Waals surface area contributed by atoms with E-state index in [4.69, 9.17) is 11.6 Å². The molecule has 3 N–H and O–H groups in total. The van der Waals surface area contributed by atoms with E-state index in [1.54, 1.807) is 24.3 Å². The molecule has 4 aromatic carbocycles. The summed E-state index contributed by atoms with van der Waals surface area (Å²) in [7, 11) is -12.0. The molecule has 0 spiro atoms. The molecule has 60 heavy (non-hydrogen) atoms. The summed E-state index contributed by atoms with van der Waals surface area (Å²) in [6.45, 7) is 13.4. The van der Waals surface area contributed by atoms with E-state index >= 15 is 0 Å². The van der Waals surface area contributed by atoms with Gasteiger partial charge in [0.15, 0.2) is 5.71 Å². The maximum absolute atomic E-state index is 12.5. The highest BCUT2D eigenvalue weighted by Crippen LogP contribution is 2.52. The lowest BCUT2D eigenvalue weighted by Crippen LogP contribution is -2.38. The Morgan fingerprint density at radius 2 is 1.40 bits per heavy atom. The van der Waals surface area contributed by atoms with E-state index < -0.39 is 51.0 Å². The molecule has 0 radical (unpaired) electrons. The van der Waals surface area contributed by atoms with Gasteiger partial charge in [-0.05, 0) is 129 Å². The summed E-state index contributed by atoms with van der Waals surface area (Å²) in [5, 5.41) is 2.67. The van der Waals surface area contributed by atoms with Crippen LogP contribution >= 0.6 is 11.6 Å². The highest BCUT2D eigenvalue weighted by atomic mass is 35.5. The van der Waals surface area contributed by atoms with Gasteiger partial charge in [0, 0.05) is 58.5 Å². The first-order valence-electron chi connectivity index (χ1n) is 19.7. The summed E-state index contributed by atoms with van der Waals surface area (Å²) in [6, 6.07) is 14.1. The molecule has 16 heteroatoms. The number of halogens is 1. The third-order valence-corrected chi connectivity index (χ3v) is 16.0. The maximum Gasteiger partial charge on any atom is 0.295 e. The lowest BCUT2D eigenvalue weighted by Gasteiger charge is -2.34. The zero-order valence-corrected chi connectivity index (χ0v) is 37.4. The van der Waals surface area contributed by atoms with Crippen LogP contribution in [-0.4, -0.2) is 86.3 Å². The van der Waals surface area contributed by atoms with Crippen LogP contribution < -0.4 is 4.90 Å². The van der Waals surface area contributed by atoms with Gasteiger partial charge < -0.3 is 4.90 Å². The van der Waals surface area contributed by atoms with Crippen LogP contribution in [-0.2, 0) is 41.2 Å². The first-order valence-corrected chi connectivity index (χ1v) is 24.4. The van der Waals surface area contributed by atoms with Crippen LogP contribution in [0.15, 0.2) is 115 Å². The fourth-order valence-electron chi connectivity index (χ4n) is 10.3. The topological polar surface area (TPSA) is 173 Å². The average molecular weight is 894 g/mol. The van der Waals surface area contributed by atoms with Crippen LogP contribution in [0.3, 0.4) is 0 Å². The Labute approximate surface area is 356 Å². The van der Waals surface area contributed by atoms with Crippen molar-refractivity contribution in [1.29, 1.82) is 0 Å². The van der Waals surface area contributed by atoms with E-state index in [1.807, 2.05) is 39.0 Å². The number of hydrogen-bond acceptors (Lipinski definition) is 8. The molecular formula is C44H47ClN3O9S3+. The second-order valence-corrected chi connectivity index (χ2v) is 21.5. The minimum Gasteiger partial charge on any atom is -0.344 e. The molecular weight excluding hydrogens is 846 g/mol. The van der Waals surface area contributed by atoms with Gasteiger partial charge in [-0.3, -0.25) is 18.6 Å². The molecule has 4 aliphatic rings. The van der Waals surface area contributed by atoms with Gasteiger partial charge in [-0.25, -0.2) is 0 Å². The van der Waals surface area contributed by atoms with Crippen LogP contribution in [0.25, 0.3) is 21.5 Å². The first-order chi connectivity index (χ1) is 27.9. The number of anilines is 1. The van der Waals surface area contributed by atoms with E-state index in [0.29, 0.717) is 23.7 Å². The Morgan fingerprint density at radius 3 is 2.03 bits per heavy atom. The average Bonchev–Trinajstić information content (AvgIpc) is 3.68. The molecule has 2 bridgehead atoms. The van der Waals surface area contributed by atoms with E-state index in [0.717, 1.165) is 69.2 Å². The highest BCUT2D eigenvalue weighted by molar-refractivity contribution is 7.87. The maximum atomic E-state index is 12.5. The SMILES string of the molecule is CCN1C(=CC=C2C(Cl)=C(C=CC3=[N+](CC)c4ccc5c(S(=O)(=O)O)cc(S(=O)(=O)O)cc5c4C3(C)C)C3CCC2N3C)C(C)(C)c2c1ccc1ccc(S(=O)(=O)O)cc21. The Bertz CT molecular complexity index is 3090. The van der Waals surface area contributed by atoms with Gasteiger partial charge in [-0.2, -0.15) is 29.8 Å². The van der Waals surface area contributed by atoms with Gasteiger partial charge in [0.2, 0.25) is 5.69 Å². The zero-order valence-electron chi connectivity index (χ0n) is 34.2. The van der Waals surface area contributed by atoms with Crippen molar-refractivity contribution < 1.29 is 43.5 Å². The number of hydrogen-bond donors (Lipinski definition) is 3. The summed E-state index contributed by atoms with van der Waals surface area (Å²) < 4.78 is 106. The lowest BCUT2D eigenvalue weighted by atomic mass is 9.78. The van der Waals surface area contributed by atoms with E-state index in [2.05, 4.69) is 60.4 Å². The largest absolute Gasteiger partial charge is 0.344 e. The smallest absolute Gasteiger partial charge is 0.295 e. The molecule has 0 saturated carbocycles. The second-order valence-electron chi connectivity index (χ2n) is 16.9. The van der Waals surface area contributed by atoms with Crippen molar-refractivity contribution >= 4 is 80.6 Å². The predicted molar refractivity (Wildman–Crippen MR) is 235 cm³/mol. The third-order valence-electron chi connectivity index (χ3n) is 13.0. The quantitative estimate of drug-likeness (QED) is 0.115. The molecule has 0 amide bonds. The molecule has 12 nitrogen and oxygen atoms in total. The minimum absolute atomic E-state index is 0.0456. The van der Waals surface area contributed by atoms with Gasteiger partial charge in [0.25, 0.3) is 30.4 Å². The number of nitrogens with zero attached hydrogens (tertiary/aromatic N) is 3. The summed E-state index contributed by atoms with van der Waals surface area (Å²) in [5.74, 6) is 0. The van der Waals surface area contributed by atoms with Gasteiger partial charge >= 0.3 is 0 Å². The Kier molecular flexibility index (Phi) is 10.0. The highest BCUT2D eigenvalue weighted by Gasteiger charge is 2.47. The fourth-order valence-corrected chi connectivity index (χ4v) is 12.5. The first kappa shape index (κ1) is 42.5. The second kappa shape index (κ2) is 14.2. The Balaban J connectivity index is 1.23. The van der Waals surface area contributed by atoms with Crippen LogP contribution in [0, 0.1) is 0 Å². The standard InChI is InChI=1S/C44H46ClN3O9S3/c1-8-47-35-16-11-25-10-12-26(58(49,50)51)22-31(25)40(35)43(3,4)38(47)20-14-29-33-18-19-34(46(33)7)30(42(29)45)15-21-39-44(5,6)41-32-23-27(59(52,53)54)24-37(60(55,56)57)28(32)13-17-36(41)48(39)9-2/h10-17,20-24,33-34H,8-9,18-19H2,1-7H3,(H2-,49,50,51,52,53,54,55,56,57)/p+1. The summed E-state index contributed by atoms with van der Waals surface area (Å²) in [5.41, 5.74) is 5.75. The van der Waals surface area contributed by atoms with Crippen LogP contribution in [0.2, 0.25) is 0 Å². The molecule has 1 fully saturated rings. The van der Waals surface area contributed by atoms with Crippen molar-refractivity contribution in [2.75, 3.05) is 25.0 Å². The number of allylic oxidation sites excluding steroid dienone is 4. The van der Waals surface area contributed by atoms with Crippen molar-refractivity contribution in [2.45, 2.75) is 92.0 Å². The van der Waals surface area contributed by atoms with Crippen molar-refractivity contribution in [3.05, 3.63) is 112 Å². The summed E-state index contributed by atoms with van der Waals surface area (Å²) in [6.07, 6.45) is 10.0. The molecule has 4 aromatic rings. The monoisotopic (exact) mass is 892 g/mol. The number of likely N-dealkylation sites (N-methyl/N-ethyl adjacent to an activating group) is 2. The van der Waals surface area contributed by atoms with Crippen molar-refractivity contribution in [1.82, 2.24) is 4.90 Å². The molecule has 1 saturated heterocycles. The zero-order chi connectivity index (χ0) is 43.6. The van der Waals surface area contributed by atoms with Gasteiger partial charge in [0.05, 0.1) is 20.2 Å². The fraction of sp³-hybridized carbons (Fsp3) is 0.341. The van der Waals surface area contributed by atoms with Crippen LogP contribution in [0.4, 0.5) is 11.4 Å². The molecule has 0 aromatic heterocycles. The van der Waals surface area contributed by atoms with Gasteiger partial charge in [-0.15, -0.1) is 0 Å². The molecule has 316 valence electrons. The van der Waals surface area contributed by atoms with Crippen LogP contribution in [0.1, 0.15) is 65.5 Å². The molecule has 2 unspecified atom stereocenters. The molecule has 4 aliphatic heterocycles. The molecule has 8 rings (SSSR count). The van der Waals surface area contributed by atoms with Gasteiger partial charge in [-0.1, -0.05) is 43.7 Å². The van der Waals surface area contributed by atoms with E-state index in [9.17, 15) is 38.9 Å².